The normalized spacial score (nSPS) is 13.5. The molecule has 0 saturated carbocycles. The van der Waals surface area contributed by atoms with Crippen LogP contribution in [0.5, 0.6) is 11.5 Å². The number of hydrogen-bond donors (Lipinski definition) is 1. The molecule has 0 unspecified atom stereocenters. The lowest BCUT2D eigenvalue weighted by molar-refractivity contribution is 0.171. The molecule has 1 N–H and O–H groups in total. The van der Waals surface area contributed by atoms with Crippen molar-refractivity contribution in [1.82, 2.24) is 15.5 Å². The van der Waals surface area contributed by atoms with E-state index in [0.29, 0.717) is 54.5 Å². The number of rotatable bonds is 4. The molecule has 0 radical (unpaired) electrons. The van der Waals surface area contributed by atoms with Crippen molar-refractivity contribution < 1.29 is 14.0 Å². The molecule has 0 bridgehead atoms. The molecule has 20 heavy (non-hydrogen) atoms. The van der Waals surface area contributed by atoms with Gasteiger partial charge in [0, 0.05) is 6.54 Å². The van der Waals surface area contributed by atoms with Crippen molar-refractivity contribution in [2.75, 3.05) is 13.2 Å². The number of fused-ring (bicyclic) bond motifs is 1. The van der Waals surface area contributed by atoms with Gasteiger partial charge in [-0.25, -0.2) is 0 Å². The van der Waals surface area contributed by atoms with Gasteiger partial charge in [0.15, 0.2) is 17.3 Å². The first-order chi connectivity index (χ1) is 9.72. The standard InChI is InChI=1S/C13H14ClN3O3/c1-8-16-12(20-17-8)7-15-6-9-4-10(14)13-11(5-9)18-2-3-19-13/h4-5,15H,2-3,6-7H2,1H3. The topological polar surface area (TPSA) is 69.4 Å². The monoisotopic (exact) mass is 295 g/mol. The number of halogens is 1. The first kappa shape index (κ1) is 13.2. The third-order valence-corrected chi connectivity index (χ3v) is 3.11. The molecule has 0 saturated heterocycles. The van der Waals surface area contributed by atoms with Gasteiger partial charge in [-0.1, -0.05) is 16.8 Å². The van der Waals surface area contributed by atoms with Crippen LogP contribution in [0.3, 0.4) is 0 Å². The van der Waals surface area contributed by atoms with E-state index in [4.69, 9.17) is 25.6 Å². The number of benzene rings is 1. The van der Waals surface area contributed by atoms with Gasteiger partial charge in [0.2, 0.25) is 5.89 Å². The summed E-state index contributed by atoms with van der Waals surface area (Å²) in [6.45, 7) is 3.99. The molecule has 2 heterocycles. The summed E-state index contributed by atoms with van der Waals surface area (Å²) >= 11 is 6.17. The summed E-state index contributed by atoms with van der Waals surface area (Å²) in [6, 6.07) is 3.79. The first-order valence-electron chi connectivity index (χ1n) is 6.30. The SMILES string of the molecule is Cc1noc(CNCc2cc(Cl)c3c(c2)OCCO3)n1. The van der Waals surface area contributed by atoms with Crippen LogP contribution >= 0.6 is 11.6 Å². The second-order valence-corrected chi connectivity index (χ2v) is 4.85. The molecule has 1 aromatic carbocycles. The Hall–Kier alpha value is -1.79. The van der Waals surface area contributed by atoms with E-state index in [1.165, 1.54) is 0 Å². The Morgan fingerprint density at radius 3 is 2.90 bits per heavy atom. The Morgan fingerprint density at radius 1 is 1.25 bits per heavy atom. The number of hydrogen-bond acceptors (Lipinski definition) is 6. The Balaban J connectivity index is 1.64. The van der Waals surface area contributed by atoms with Crippen LogP contribution < -0.4 is 14.8 Å². The largest absolute Gasteiger partial charge is 0.486 e. The Bertz CT molecular complexity index is 615. The molecule has 0 atom stereocenters. The number of aromatic nitrogens is 2. The smallest absolute Gasteiger partial charge is 0.240 e. The van der Waals surface area contributed by atoms with Gasteiger partial charge in [0.05, 0.1) is 11.6 Å². The van der Waals surface area contributed by atoms with Crippen LogP contribution in [0, 0.1) is 6.92 Å². The van der Waals surface area contributed by atoms with E-state index in [0.717, 1.165) is 5.56 Å². The molecule has 2 aromatic rings. The molecule has 3 rings (SSSR count). The minimum atomic E-state index is 0.507. The van der Waals surface area contributed by atoms with Crippen molar-refractivity contribution >= 4 is 11.6 Å². The van der Waals surface area contributed by atoms with E-state index in [2.05, 4.69) is 15.5 Å². The van der Waals surface area contributed by atoms with E-state index >= 15 is 0 Å². The van der Waals surface area contributed by atoms with Gasteiger partial charge in [-0.15, -0.1) is 0 Å². The van der Waals surface area contributed by atoms with Gasteiger partial charge >= 0.3 is 0 Å². The maximum Gasteiger partial charge on any atom is 0.240 e. The summed E-state index contributed by atoms with van der Waals surface area (Å²) in [5.74, 6) is 2.50. The van der Waals surface area contributed by atoms with Crippen molar-refractivity contribution in [1.29, 1.82) is 0 Å². The Morgan fingerprint density at radius 2 is 2.10 bits per heavy atom. The molecule has 1 aliphatic rings. The maximum absolute atomic E-state index is 6.17. The predicted molar refractivity (Wildman–Crippen MR) is 72.0 cm³/mol. The first-order valence-corrected chi connectivity index (χ1v) is 6.68. The van der Waals surface area contributed by atoms with Crippen LogP contribution in [0.4, 0.5) is 0 Å². The molecular formula is C13H14ClN3O3. The molecule has 7 heteroatoms. The second kappa shape index (κ2) is 5.68. The van der Waals surface area contributed by atoms with Crippen LogP contribution in [0.2, 0.25) is 5.02 Å². The number of nitrogens with zero attached hydrogens (tertiary/aromatic N) is 2. The summed E-state index contributed by atoms with van der Waals surface area (Å²) in [6.07, 6.45) is 0. The van der Waals surface area contributed by atoms with E-state index in [-0.39, 0.29) is 0 Å². The Labute approximate surface area is 121 Å². The van der Waals surface area contributed by atoms with Gasteiger partial charge in [-0.05, 0) is 24.6 Å². The lowest BCUT2D eigenvalue weighted by Crippen LogP contribution is -2.17. The molecule has 0 fully saturated rings. The summed E-state index contributed by atoms with van der Waals surface area (Å²) < 4.78 is 16.0. The second-order valence-electron chi connectivity index (χ2n) is 4.44. The number of ether oxygens (including phenoxy) is 2. The highest BCUT2D eigenvalue weighted by atomic mass is 35.5. The lowest BCUT2D eigenvalue weighted by Gasteiger charge is -2.20. The fourth-order valence-corrected chi connectivity index (χ4v) is 2.28. The average Bonchev–Trinajstić information content (AvgIpc) is 2.85. The minimum absolute atomic E-state index is 0.507. The van der Waals surface area contributed by atoms with Crippen LogP contribution in [0.15, 0.2) is 16.7 Å². The Kier molecular flexibility index (Phi) is 3.75. The molecule has 0 spiro atoms. The summed E-state index contributed by atoms with van der Waals surface area (Å²) in [4.78, 5) is 4.12. The molecule has 106 valence electrons. The highest BCUT2D eigenvalue weighted by Gasteiger charge is 2.16. The third-order valence-electron chi connectivity index (χ3n) is 2.83. The predicted octanol–water partition coefficient (Wildman–Crippen LogP) is 2.09. The number of aryl methyl sites for hydroxylation is 1. The molecule has 1 aromatic heterocycles. The van der Waals surface area contributed by atoms with Crippen molar-refractivity contribution in [2.45, 2.75) is 20.0 Å². The summed E-state index contributed by atoms with van der Waals surface area (Å²) in [5.41, 5.74) is 1.01. The number of nitrogens with one attached hydrogen (secondary N) is 1. The van der Waals surface area contributed by atoms with Crippen LogP contribution in [0.1, 0.15) is 17.3 Å². The molecule has 1 aliphatic heterocycles. The maximum atomic E-state index is 6.17. The van der Waals surface area contributed by atoms with Gasteiger partial charge in [-0.2, -0.15) is 4.98 Å². The van der Waals surface area contributed by atoms with Crippen LogP contribution in [-0.2, 0) is 13.1 Å². The van der Waals surface area contributed by atoms with Crippen molar-refractivity contribution in [3.8, 4) is 11.5 Å². The van der Waals surface area contributed by atoms with E-state index in [1.54, 1.807) is 6.92 Å². The van der Waals surface area contributed by atoms with Crippen LogP contribution in [0.25, 0.3) is 0 Å². The minimum Gasteiger partial charge on any atom is -0.486 e. The van der Waals surface area contributed by atoms with E-state index in [9.17, 15) is 0 Å². The van der Waals surface area contributed by atoms with E-state index in [1.807, 2.05) is 12.1 Å². The lowest BCUT2D eigenvalue weighted by atomic mass is 10.2. The zero-order valence-corrected chi connectivity index (χ0v) is 11.7. The van der Waals surface area contributed by atoms with Gasteiger partial charge < -0.3 is 19.3 Å². The summed E-state index contributed by atoms with van der Waals surface area (Å²) in [7, 11) is 0. The van der Waals surface area contributed by atoms with Crippen molar-refractivity contribution in [3.63, 3.8) is 0 Å². The quantitative estimate of drug-likeness (QED) is 0.931. The highest BCUT2D eigenvalue weighted by Crippen LogP contribution is 2.38. The average molecular weight is 296 g/mol. The zero-order valence-electron chi connectivity index (χ0n) is 11.0. The summed E-state index contributed by atoms with van der Waals surface area (Å²) in [5, 5.41) is 7.51. The fourth-order valence-electron chi connectivity index (χ4n) is 1.99. The fraction of sp³-hybridized carbons (Fsp3) is 0.385. The molecular weight excluding hydrogens is 282 g/mol. The highest BCUT2D eigenvalue weighted by molar-refractivity contribution is 6.32. The van der Waals surface area contributed by atoms with Gasteiger partial charge in [-0.3, -0.25) is 0 Å². The van der Waals surface area contributed by atoms with Crippen molar-refractivity contribution in [3.05, 3.63) is 34.4 Å². The third kappa shape index (κ3) is 2.86. The van der Waals surface area contributed by atoms with Crippen LogP contribution in [-0.4, -0.2) is 23.4 Å². The molecule has 6 nitrogen and oxygen atoms in total. The van der Waals surface area contributed by atoms with Crippen molar-refractivity contribution in [2.24, 2.45) is 0 Å². The molecule has 0 amide bonds. The van der Waals surface area contributed by atoms with E-state index < -0.39 is 0 Å². The molecule has 0 aliphatic carbocycles. The van der Waals surface area contributed by atoms with Gasteiger partial charge in [0.1, 0.15) is 13.2 Å². The van der Waals surface area contributed by atoms with Gasteiger partial charge in [0.25, 0.3) is 0 Å². The zero-order chi connectivity index (χ0) is 13.9.